The normalized spacial score (nSPS) is 10.2. The molecule has 0 aliphatic carbocycles. The van der Waals surface area contributed by atoms with Crippen LogP contribution in [0.4, 0.5) is 5.69 Å². The fourth-order valence-electron chi connectivity index (χ4n) is 2.67. The summed E-state index contributed by atoms with van der Waals surface area (Å²) < 4.78 is 5.20. The van der Waals surface area contributed by atoms with Gasteiger partial charge in [0.1, 0.15) is 5.75 Å². The molecule has 0 radical (unpaired) electrons. The van der Waals surface area contributed by atoms with E-state index in [1.807, 2.05) is 66.7 Å². The van der Waals surface area contributed by atoms with Crippen molar-refractivity contribution in [1.82, 2.24) is 0 Å². The zero-order valence-electron chi connectivity index (χ0n) is 13.7. The monoisotopic (exact) mass is 317 g/mol. The molecule has 0 aliphatic heterocycles. The van der Waals surface area contributed by atoms with Crippen molar-refractivity contribution >= 4 is 11.6 Å². The Hall–Kier alpha value is -3.07. The van der Waals surface area contributed by atoms with Crippen LogP contribution in [0.3, 0.4) is 0 Å². The predicted molar refractivity (Wildman–Crippen MR) is 98.2 cm³/mol. The van der Waals surface area contributed by atoms with E-state index in [2.05, 4.69) is 11.4 Å². The first-order valence-electron chi connectivity index (χ1n) is 7.79. The molecule has 0 bridgehead atoms. The molecule has 3 nitrogen and oxygen atoms in total. The maximum Gasteiger partial charge on any atom is 0.221 e. The molecule has 120 valence electrons. The molecule has 3 heteroatoms. The summed E-state index contributed by atoms with van der Waals surface area (Å²) in [6.45, 7) is 1.52. The molecule has 3 aromatic carbocycles. The second-order valence-electron chi connectivity index (χ2n) is 5.54. The number of ether oxygens (including phenoxy) is 1. The first-order chi connectivity index (χ1) is 11.7. The molecule has 0 unspecified atom stereocenters. The van der Waals surface area contributed by atoms with E-state index in [0.717, 1.165) is 33.7 Å². The van der Waals surface area contributed by atoms with Gasteiger partial charge in [0.2, 0.25) is 5.91 Å². The Bertz CT molecular complexity index is 839. The summed E-state index contributed by atoms with van der Waals surface area (Å²) in [6, 6.07) is 24.0. The Labute approximate surface area is 141 Å². The number of nitrogens with one attached hydrogen (secondary N) is 1. The fourth-order valence-corrected chi connectivity index (χ4v) is 2.67. The van der Waals surface area contributed by atoms with Crippen molar-refractivity contribution in [3.63, 3.8) is 0 Å². The summed E-state index contributed by atoms with van der Waals surface area (Å²) in [5.74, 6) is 0.737. The van der Waals surface area contributed by atoms with E-state index < -0.39 is 0 Å². The third-order valence-corrected chi connectivity index (χ3v) is 3.84. The number of hydrogen-bond acceptors (Lipinski definition) is 2. The van der Waals surface area contributed by atoms with E-state index in [4.69, 9.17) is 4.74 Å². The van der Waals surface area contributed by atoms with Crippen molar-refractivity contribution in [1.29, 1.82) is 0 Å². The van der Waals surface area contributed by atoms with Gasteiger partial charge in [-0.25, -0.2) is 0 Å². The Morgan fingerprint density at radius 3 is 2.12 bits per heavy atom. The highest BCUT2D eigenvalue weighted by molar-refractivity contribution is 5.95. The summed E-state index contributed by atoms with van der Waals surface area (Å²) in [4.78, 5) is 11.6. The van der Waals surface area contributed by atoms with Crippen LogP contribution >= 0.6 is 0 Å². The number of benzene rings is 3. The van der Waals surface area contributed by atoms with E-state index in [0.29, 0.717) is 0 Å². The van der Waals surface area contributed by atoms with Crippen molar-refractivity contribution < 1.29 is 9.53 Å². The number of hydrogen-bond donors (Lipinski definition) is 1. The summed E-state index contributed by atoms with van der Waals surface area (Å²) in [6.07, 6.45) is 0. The predicted octanol–water partition coefficient (Wildman–Crippen LogP) is 4.99. The van der Waals surface area contributed by atoms with Gasteiger partial charge in [0, 0.05) is 18.2 Å². The number of methoxy groups -OCH3 is 1. The van der Waals surface area contributed by atoms with Gasteiger partial charge in [0.05, 0.1) is 7.11 Å². The van der Waals surface area contributed by atoms with Crippen molar-refractivity contribution in [3.8, 4) is 28.0 Å². The van der Waals surface area contributed by atoms with Crippen molar-refractivity contribution in [3.05, 3.63) is 72.8 Å². The molecule has 1 N–H and O–H groups in total. The van der Waals surface area contributed by atoms with Gasteiger partial charge in [-0.3, -0.25) is 4.79 Å². The van der Waals surface area contributed by atoms with Crippen LogP contribution in [0.15, 0.2) is 72.8 Å². The lowest BCUT2D eigenvalue weighted by Crippen LogP contribution is -2.07. The van der Waals surface area contributed by atoms with Gasteiger partial charge in [-0.15, -0.1) is 0 Å². The minimum Gasteiger partial charge on any atom is -0.497 e. The van der Waals surface area contributed by atoms with Crippen LogP contribution in [0.25, 0.3) is 22.3 Å². The van der Waals surface area contributed by atoms with Crippen LogP contribution in [0, 0.1) is 0 Å². The third kappa shape index (κ3) is 3.46. The molecule has 3 aromatic rings. The Morgan fingerprint density at radius 2 is 1.50 bits per heavy atom. The summed E-state index contributed by atoms with van der Waals surface area (Å²) in [5, 5.41) is 2.94. The van der Waals surface area contributed by atoms with Gasteiger partial charge in [-0.1, -0.05) is 54.6 Å². The minimum absolute atomic E-state index is 0.0842. The van der Waals surface area contributed by atoms with Gasteiger partial charge in [-0.05, 0) is 34.9 Å². The van der Waals surface area contributed by atoms with E-state index in [1.165, 1.54) is 6.92 Å². The van der Waals surface area contributed by atoms with Crippen LogP contribution in [-0.2, 0) is 4.79 Å². The summed E-state index contributed by atoms with van der Waals surface area (Å²) in [7, 11) is 1.65. The highest BCUT2D eigenvalue weighted by Crippen LogP contribution is 2.33. The van der Waals surface area contributed by atoms with Crippen molar-refractivity contribution in [2.24, 2.45) is 0 Å². The standard InChI is InChI=1S/C21H19NO2/c1-15(23)22-21-14-18(16-8-11-19(24-2)12-9-16)10-13-20(21)17-6-4-3-5-7-17/h3-14H,1-2H3,(H,22,23). The number of amides is 1. The lowest BCUT2D eigenvalue weighted by Gasteiger charge is -2.13. The van der Waals surface area contributed by atoms with Crippen LogP contribution in [0.1, 0.15) is 6.92 Å². The molecule has 0 saturated carbocycles. The molecule has 0 atom stereocenters. The molecule has 0 spiro atoms. The minimum atomic E-state index is -0.0842. The van der Waals surface area contributed by atoms with E-state index in [-0.39, 0.29) is 5.91 Å². The average molecular weight is 317 g/mol. The number of rotatable bonds is 4. The SMILES string of the molecule is COc1ccc(-c2ccc(-c3ccccc3)c(NC(C)=O)c2)cc1. The van der Waals surface area contributed by atoms with E-state index in [9.17, 15) is 4.79 Å². The largest absolute Gasteiger partial charge is 0.497 e. The quantitative estimate of drug-likeness (QED) is 0.736. The van der Waals surface area contributed by atoms with Crippen LogP contribution in [0.5, 0.6) is 5.75 Å². The Morgan fingerprint density at radius 1 is 0.833 bits per heavy atom. The topological polar surface area (TPSA) is 38.3 Å². The molecule has 3 rings (SSSR count). The second-order valence-corrected chi connectivity index (χ2v) is 5.54. The van der Waals surface area contributed by atoms with E-state index >= 15 is 0 Å². The maximum atomic E-state index is 11.6. The van der Waals surface area contributed by atoms with Gasteiger partial charge in [-0.2, -0.15) is 0 Å². The first kappa shape index (κ1) is 15.8. The summed E-state index contributed by atoms with van der Waals surface area (Å²) in [5.41, 5.74) is 5.00. The molecule has 0 heterocycles. The second kappa shape index (κ2) is 7.01. The lowest BCUT2D eigenvalue weighted by molar-refractivity contribution is -0.114. The lowest BCUT2D eigenvalue weighted by atomic mass is 9.98. The molecule has 0 saturated heterocycles. The molecule has 24 heavy (non-hydrogen) atoms. The van der Waals surface area contributed by atoms with Gasteiger partial charge >= 0.3 is 0 Å². The highest BCUT2D eigenvalue weighted by atomic mass is 16.5. The zero-order valence-corrected chi connectivity index (χ0v) is 13.7. The smallest absolute Gasteiger partial charge is 0.221 e. The van der Waals surface area contributed by atoms with Crippen LogP contribution in [0.2, 0.25) is 0 Å². The Balaban J connectivity index is 2.05. The summed E-state index contributed by atoms with van der Waals surface area (Å²) >= 11 is 0. The Kier molecular flexibility index (Phi) is 4.62. The van der Waals surface area contributed by atoms with Gasteiger partial charge < -0.3 is 10.1 Å². The highest BCUT2D eigenvalue weighted by Gasteiger charge is 2.09. The number of anilines is 1. The molecule has 0 aliphatic rings. The third-order valence-electron chi connectivity index (χ3n) is 3.84. The van der Waals surface area contributed by atoms with Crippen LogP contribution < -0.4 is 10.1 Å². The fraction of sp³-hybridized carbons (Fsp3) is 0.0952. The molecular weight excluding hydrogens is 298 g/mol. The van der Waals surface area contributed by atoms with E-state index in [1.54, 1.807) is 7.11 Å². The number of carbonyl (C=O) groups excluding carboxylic acids is 1. The molecule has 1 amide bonds. The average Bonchev–Trinajstić information content (AvgIpc) is 2.62. The zero-order chi connectivity index (χ0) is 16.9. The van der Waals surface area contributed by atoms with Crippen LogP contribution in [-0.4, -0.2) is 13.0 Å². The number of carbonyl (C=O) groups is 1. The molecular formula is C21H19NO2. The first-order valence-corrected chi connectivity index (χ1v) is 7.79. The van der Waals surface area contributed by atoms with Gasteiger partial charge in [0.25, 0.3) is 0 Å². The molecule has 0 fully saturated rings. The van der Waals surface area contributed by atoms with Crippen molar-refractivity contribution in [2.75, 3.05) is 12.4 Å². The maximum absolute atomic E-state index is 11.6. The molecule has 0 aromatic heterocycles. The van der Waals surface area contributed by atoms with Gasteiger partial charge in [0.15, 0.2) is 0 Å². The van der Waals surface area contributed by atoms with Crippen molar-refractivity contribution in [2.45, 2.75) is 6.92 Å².